The second kappa shape index (κ2) is 9.86. The number of carbonyl (C=O) groups is 2. The molecule has 3 aromatic rings. The molecular formula is C23H24N4O4S. The van der Waals surface area contributed by atoms with Gasteiger partial charge in [0.25, 0.3) is 0 Å². The van der Waals surface area contributed by atoms with Gasteiger partial charge in [-0.1, -0.05) is 48.2 Å². The number of carboxylic acids is 1. The fourth-order valence-corrected chi connectivity index (χ4v) is 4.15. The molecule has 32 heavy (non-hydrogen) atoms. The highest BCUT2D eigenvalue weighted by Crippen LogP contribution is 2.40. The molecule has 0 radical (unpaired) electrons. The van der Waals surface area contributed by atoms with Gasteiger partial charge in [-0.15, -0.1) is 10.2 Å². The van der Waals surface area contributed by atoms with E-state index in [1.54, 1.807) is 12.1 Å². The van der Waals surface area contributed by atoms with E-state index in [9.17, 15) is 14.7 Å². The number of carboxylic acid groups (broad SMARTS) is 1. The van der Waals surface area contributed by atoms with Gasteiger partial charge in [0, 0.05) is 12.5 Å². The molecular weight excluding hydrogens is 428 g/mol. The van der Waals surface area contributed by atoms with Crippen molar-refractivity contribution in [2.24, 2.45) is 0 Å². The standard InChI is InChI=1S/C23H24N4O4S/c1-31-19-10-7-16(11-18(19)22(29)30)12-24-20(28)14-32-23-26-25-21(17-8-9-17)27(23)13-15-5-3-2-4-6-15/h2-7,10-11,17H,8-9,12-14H2,1H3,(H,24,28)(H,29,30). The highest BCUT2D eigenvalue weighted by atomic mass is 32.2. The van der Waals surface area contributed by atoms with Gasteiger partial charge in [-0.05, 0) is 36.1 Å². The molecule has 2 aromatic carbocycles. The molecule has 1 aromatic heterocycles. The van der Waals surface area contributed by atoms with E-state index in [0.29, 0.717) is 18.0 Å². The van der Waals surface area contributed by atoms with Crippen molar-refractivity contribution in [1.29, 1.82) is 0 Å². The first-order valence-electron chi connectivity index (χ1n) is 10.3. The Labute approximate surface area is 190 Å². The van der Waals surface area contributed by atoms with Crippen molar-refractivity contribution in [3.63, 3.8) is 0 Å². The van der Waals surface area contributed by atoms with Crippen LogP contribution < -0.4 is 10.1 Å². The van der Waals surface area contributed by atoms with Crippen LogP contribution in [0.1, 0.15) is 46.1 Å². The first kappa shape index (κ1) is 21.9. The monoisotopic (exact) mass is 452 g/mol. The summed E-state index contributed by atoms with van der Waals surface area (Å²) in [6, 6.07) is 15.0. The Morgan fingerprint density at radius 3 is 2.62 bits per heavy atom. The van der Waals surface area contributed by atoms with Crippen molar-refractivity contribution in [2.75, 3.05) is 12.9 Å². The molecule has 1 fully saturated rings. The summed E-state index contributed by atoms with van der Waals surface area (Å²) < 4.78 is 7.17. The summed E-state index contributed by atoms with van der Waals surface area (Å²) in [6.45, 7) is 0.904. The molecule has 0 spiro atoms. The van der Waals surface area contributed by atoms with E-state index in [4.69, 9.17) is 4.74 Å². The number of benzene rings is 2. The Balaban J connectivity index is 1.37. The molecule has 0 unspecified atom stereocenters. The Morgan fingerprint density at radius 2 is 1.94 bits per heavy atom. The van der Waals surface area contributed by atoms with Gasteiger partial charge in [0.2, 0.25) is 5.91 Å². The SMILES string of the molecule is COc1ccc(CNC(=O)CSc2nnc(C3CC3)n2Cc2ccccc2)cc1C(=O)O. The maximum absolute atomic E-state index is 12.4. The van der Waals surface area contributed by atoms with E-state index in [2.05, 4.69) is 32.2 Å². The summed E-state index contributed by atoms with van der Waals surface area (Å²) in [7, 11) is 1.42. The van der Waals surface area contributed by atoms with Gasteiger partial charge in [-0.2, -0.15) is 0 Å². The lowest BCUT2D eigenvalue weighted by Crippen LogP contribution is -2.25. The fraction of sp³-hybridized carbons (Fsp3) is 0.304. The van der Waals surface area contributed by atoms with Gasteiger partial charge in [-0.25, -0.2) is 4.79 Å². The molecule has 166 valence electrons. The van der Waals surface area contributed by atoms with Crippen molar-refractivity contribution in [3.05, 3.63) is 71.0 Å². The first-order chi connectivity index (χ1) is 15.5. The van der Waals surface area contributed by atoms with Crippen LogP contribution in [0, 0.1) is 0 Å². The minimum Gasteiger partial charge on any atom is -0.496 e. The van der Waals surface area contributed by atoms with Gasteiger partial charge < -0.3 is 19.7 Å². The van der Waals surface area contributed by atoms with Crippen LogP contribution in [0.3, 0.4) is 0 Å². The maximum atomic E-state index is 12.4. The van der Waals surface area contributed by atoms with Crippen molar-refractivity contribution in [1.82, 2.24) is 20.1 Å². The summed E-state index contributed by atoms with van der Waals surface area (Å²) in [5, 5.41) is 21.6. The largest absolute Gasteiger partial charge is 0.496 e. The van der Waals surface area contributed by atoms with Gasteiger partial charge in [0.05, 0.1) is 19.4 Å². The molecule has 1 saturated carbocycles. The number of nitrogens with one attached hydrogen (secondary N) is 1. The lowest BCUT2D eigenvalue weighted by atomic mass is 10.1. The molecule has 0 atom stereocenters. The van der Waals surface area contributed by atoms with Gasteiger partial charge >= 0.3 is 5.97 Å². The van der Waals surface area contributed by atoms with Crippen LogP contribution in [0.4, 0.5) is 0 Å². The zero-order chi connectivity index (χ0) is 22.5. The second-order valence-electron chi connectivity index (χ2n) is 7.59. The number of aromatic carboxylic acids is 1. The number of hydrogen-bond donors (Lipinski definition) is 2. The number of hydrogen-bond acceptors (Lipinski definition) is 6. The zero-order valence-corrected chi connectivity index (χ0v) is 18.5. The summed E-state index contributed by atoms with van der Waals surface area (Å²) >= 11 is 1.35. The molecule has 9 heteroatoms. The van der Waals surface area contributed by atoms with Crippen molar-refractivity contribution in [2.45, 2.75) is 37.0 Å². The smallest absolute Gasteiger partial charge is 0.339 e. The Morgan fingerprint density at radius 1 is 1.16 bits per heavy atom. The van der Waals surface area contributed by atoms with Gasteiger partial charge in [0.1, 0.15) is 17.1 Å². The van der Waals surface area contributed by atoms with E-state index in [0.717, 1.165) is 29.4 Å². The highest BCUT2D eigenvalue weighted by Gasteiger charge is 2.30. The summed E-state index contributed by atoms with van der Waals surface area (Å²) in [5.41, 5.74) is 1.91. The molecule has 8 nitrogen and oxygen atoms in total. The van der Waals surface area contributed by atoms with Gasteiger partial charge in [-0.3, -0.25) is 4.79 Å². The average Bonchev–Trinajstić information content (AvgIpc) is 3.58. The number of aromatic nitrogens is 3. The van der Waals surface area contributed by atoms with E-state index in [1.165, 1.54) is 24.9 Å². The van der Waals surface area contributed by atoms with Crippen molar-refractivity contribution in [3.8, 4) is 5.75 Å². The van der Waals surface area contributed by atoms with Crippen molar-refractivity contribution < 1.29 is 19.4 Å². The molecule has 0 aliphatic heterocycles. The number of methoxy groups -OCH3 is 1. The molecule has 0 bridgehead atoms. The highest BCUT2D eigenvalue weighted by molar-refractivity contribution is 7.99. The lowest BCUT2D eigenvalue weighted by molar-refractivity contribution is -0.118. The predicted molar refractivity (Wildman–Crippen MR) is 120 cm³/mol. The Kier molecular flexibility index (Phi) is 6.75. The zero-order valence-electron chi connectivity index (χ0n) is 17.7. The fourth-order valence-electron chi connectivity index (χ4n) is 3.38. The average molecular weight is 453 g/mol. The topological polar surface area (TPSA) is 106 Å². The third-order valence-corrected chi connectivity index (χ3v) is 6.15. The quantitative estimate of drug-likeness (QED) is 0.455. The number of ether oxygens (including phenoxy) is 1. The molecule has 1 aliphatic rings. The summed E-state index contributed by atoms with van der Waals surface area (Å²) in [6.07, 6.45) is 2.25. The third kappa shape index (κ3) is 5.28. The number of nitrogens with zero attached hydrogens (tertiary/aromatic N) is 3. The minimum absolute atomic E-state index is 0.0650. The van der Waals surface area contributed by atoms with Crippen LogP contribution in [0.25, 0.3) is 0 Å². The van der Waals surface area contributed by atoms with Crippen LogP contribution in [0.5, 0.6) is 5.75 Å². The maximum Gasteiger partial charge on any atom is 0.339 e. The van der Waals surface area contributed by atoms with Crippen molar-refractivity contribution >= 4 is 23.6 Å². The van der Waals surface area contributed by atoms with Crippen LogP contribution in [-0.4, -0.2) is 44.6 Å². The van der Waals surface area contributed by atoms with E-state index in [1.807, 2.05) is 18.2 Å². The Hall–Kier alpha value is -3.33. The third-order valence-electron chi connectivity index (χ3n) is 5.19. The molecule has 1 amide bonds. The van der Waals surface area contributed by atoms with Crippen LogP contribution in [0.15, 0.2) is 53.7 Å². The minimum atomic E-state index is -1.07. The molecule has 1 heterocycles. The summed E-state index contributed by atoms with van der Waals surface area (Å²) in [4.78, 5) is 23.8. The first-order valence-corrected chi connectivity index (χ1v) is 11.3. The number of carbonyl (C=O) groups excluding carboxylic acids is 1. The summed E-state index contributed by atoms with van der Waals surface area (Å²) in [5.74, 6) is 0.677. The predicted octanol–water partition coefficient (Wildman–Crippen LogP) is 3.32. The Bertz CT molecular complexity index is 1110. The number of thioether (sulfide) groups is 1. The molecule has 4 rings (SSSR count). The molecule has 0 saturated heterocycles. The van der Waals surface area contributed by atoms with E-state index < -0.39 is 5.97 Å². The normalized spacial score (nSPS) is 13.0. The van der Waals surface area contributed by atoms with Crippen LogP contribution >= 0.6 is 11.8 Å². The van der Waals surface area contributed by atoms with E-state index >= 15 is 0 Å². The van der Waals surface area contributed by atoms with Crippen LogP contribution in [-0.2, 0) is 17.9 Å². The number of rotatable bonds is 10. The van der Waals surface area contributed by atoms with Crippen LogP contribution in [0.2, 0.25) is 0 Å². The second-order valence-corrected chi connectivity index (χ2v) is 8.53. The lowest BCUT2D eigenvalue weighted by Gasteiger charge is -2.11. The number of amides is 1. The molecule has 1 aliphatic carbocycles. The van der Waals surface area contributed by atoms with E-state index in [-0.39, 0.29) is 29.5 Å². The van der Waals surface area contributed by atoms with Gasteiger partial charge in [0.15, 0.2) is 5.16 Å². The molecule has 2 N–H and O–H groups in total.